The van der Waals surface area contributed by atoms with Gasteiger partial charge in [-0.25, -0.2) is 0 Å². The molecule has 0 aromatic rings. The summed E-state index contributed by atoms with van der Waals surface area (Å²) in [6, 6.07) is 0.221. The molecule has 0 aromatic carbocycles. The monoisotopic (exact) mass is 256 g/mol. The van der Waals surface area contributed by atoms with Gasteiger partial charge in [-0.05, 0) is 25.7 Å². The lowest BCUT2D eigenvalue weighted by atomic mass is 10.0. The molecule has 0 radical (unpaired) electrons. The first-order valence-corrected chi connectivity index (χ1v) is 6.85. The number of amides is 2. The summed E-state index contributed by atoms with van der Waals surface area (Å²) >= 11 is 0. The van der Waals surface area contributed by atoms with E-state index in [2.05, 4.69) is 5.32 Å². The van der Waals surface area contributed by atoms with Crippen molar-refractivity contribution in [3.63, 3.8) is 0 Å². The number of carbonyl (C=O) groups is 2. The van der Waals surface area contributed by atoms with Gasteiger partial charge >= 0.3 is 0 Å². The summed E-state index contributed by atoms with van der Waals surface area (Å²) < 4.78 is 0. The Morgan fingerprint density at radius 2 is 1.94 bits per heavy atom. The fraction of sp³-hybridized carbons (Fsp3) is 0.846. The summed E-state index contributed by atoms with van der Waals surface area (Å²) in [5.41, 5.74) is 0. The van der Waals surface area contributed by atoms with Crippen molar-refractivity contribution >= 4 is 11.8 Å². The minimum Gasteiger partial charge on any atom is -0.396 e. The van der Waals surface area contributed by atoms with E-state index < -0.39 is 0 Å². The van der Waals surface area contributed by atoms with Crippen LogP contribution in [0.25, 0.3) is 0 Å². The van der Waals surface area contributed by atoms with Gasteiger partial charge in [-0.15, -0.1) is 0 Å². The van der Waals surface area contributed by atoms with E-state index in [0.29, 0.717) is 19.3 Å². The number of aliphatic hydroxyl groups is 1. The van der Waals surface area contributed by atoms with E-state index in [-0.39, 0.29) is 24.5 Å². The summed E-state index contributed by atoms with van der Waals surface area (Å²) in [7, 11) is 0. The van der Waals surface area contributed by atoms with E-state index in [1.54, 1.807) is 0 Å². The molecule has 2 amide bonds. The molecule has 0 unspecified atom stereocenters. The van der Waals surface area contributed by atoms with Gasteiger partial charge in [0.25, 0.3) is 0 Å². The van der Waals surface area contributed by atoms with Crippen LogP contribution in [0.2, 0.25) is 0 Å². The second-order valence-electron chi connectivity index (χ2n) is 4.76. The van der Waals surface area contributed by atoms with Crippen LogP contribution in [0.3, 0.4) is 0 Å². The Morgan fingerprint density at radius 3 is 2.50 bits per heavy atom. The molecule has 1 saturated heterocycles. The second-order valence-corrected chi connectivity index (χ2v) is 4.76. The minimum atomic E-state index is 0.0859. The molecular weight excluding hydrogens is 232 g/mol. The fourth-order valence-electron chi connectivity index (χ4n) is 2.15. The van der Waals surface area contributed by atoms with Crippen molar-refractivity contribution in [1.82, 2.24) is 10.2 Å². The Labute approximate surface area is 109 Å². The molecule has 0 aliphatic carbocycles. The molecule has 1 aliphatic rings. The van der Waals surface area contributed by atoms with Crippen LogP contribution >= 0.6 is 0 Å². The highest BCUT2D eigenvalue weighted by Crippen LogP contribution is 2.12. The van der Waals surface area contributed by atoms with E-state index in [1.807, 2.05) is 11.8 Å². The average molecular weight is 256 g/mol. The number of hydrogen-bond acceptors (Lipinski definition) is 3. The smallest absolute Gasteiger partial charge is 0.222 e. The zero-order chi connectivity index (χ0) is 13.4. The molecule has 1 aliphatic heterocycles. The normalized spacial score (nSPS) is 16.7. The van der Waals surface area contributed by atoms with E-state index in [9.17, 15) is 9.59 Å². The highest BCUT2D eigenvalue weighted by Gasteiger charge is 2.22. The zero-order valence-electron chi connectivity index (χ0n) is 11.2. The number of carbonyl (C=O) groups excluding carboxylic acids is 2. The van der Waals surface area contributed by atoms with Gasteiger partial charge in [0.15, 0.2) is 0 Å². The number of aliphatic hydroxyl groups excluding tert-OH is 1. The Bertz CT molecular complexity index is 273. The third-order valence-corrected chi connectivity index (χ3v) is 3.33. The number of likely N-dealkylation sites (tertiary alicyclic amines) is 1. The van der Waals surface area contributed by atoms with Crippen LogP contribution < -0.4 is 5.32 Å². The van der Waals surface area contributed by atoms with Gasteiger partial charge in [0.2, 0.25) is 11.8 Å². The first kappa shape index (κ1) is 15.0. The molecule has 0 spiro atoms. The number of piperidine rings is 1. The molecule has 5 heteroatoms. The summed E-state index contributed by atoms with van der Waals surface area (Å²) in [5.74, 6) is 0.256. The van der Waals surface area contributed by atoms with Crippen LogP contribution in [0.4, 0.5) is 0 Å². The number of nitrogens with one attached hydrogen (secondary N) is 1. The molecule has 1 fully saturated rings. The predicted molar refractivity (Wildman–Crippen MR) is 69.0 cm³/mol. The van der Waals surface area contributed by atoms with Gasteiger partial charge in [-0.1, -0.05) is 6.92 Å². The van der Waals surface area contributed by atoms with Gasteiger partial charge in [0, 0.05) is 38.6 Å². The number of nitrogens with zero attached hydrogens (tertiary/aromatic N) is 1. The van der Waals surface area contributed by atoms with Crippen LogP contribution in [-0.2, 0) is 9.59 Å². The average Bonchev–Trinajstić information content (AvgIpc) is 2.39. The maximum absolute atomic E-state index is 11.8. The van der Waals surface area contributed by atoms with Gasteiger partial charge in [-0.3, -0.25) is 9.59 Å². The Balaban J connectivity index is 2.22. The largest absolute Gasteiger partial charge is 0.396 e. The van der Waals surface area contributed by atoms with E-state index in [1.165, 1.54) is 0 Å². The Kier molecular flexibility index (Phi) is 6.72. The van der Waals surface area contributed by atoms with Gasteiger partial charge in [0.1, 0.15) is 0 Å². The molecule has 1 rings (SSSR count). The number of rotatable bonds is 6. The lowest BCUT2D eigenvalue weighted by Crippen LogP contribution is -2.46. The van der Waals surface area contributed by atoms with Crippen LogP contribution in [0.5, 0.6) is 0 Å². The van der Waals surface area contributed by atoms with Crippen LogP contribution in [-0.4, -0.2) is 47.6 Å². The Morgan fingerprint density at radius 1 is 1.28 bits per heavy atom. The molecule has 18 heavy (non-hydrogen) atoms. The second kappa shape index (κ2) is 8.08. The van der Waals surface area contributed by atoms with Crippen molar-refractivity contribution in [1.29, 1.82) is 0 Å². The molecule has 2 N–H and O–H groups in total. The van der Waals surface area contributed by atoms with Crippen molar-refractivity contribution in [3.8, 4) is 0 Å². The van der Waals surface area contributed by atoms with Crippen molar-refractivity contribution < 1.29 is 14.7 Å². The predicted octanol–water partition coefficient (Wildman–Crippen LogP) is 0.666. The third-order valence-electron chi connectivity index (χ3n) is 3.33. The number of unbranched alkanes of at least 4 members (excludes halogenated alkanes) is 1. The molecule has 0 atom stereocenters. The summed E-state index contributed by atoms with van der Waals surface area (Å²) in [6.45, 7) is 3.45. The highest BCUT2D eigenvalue weighted by atomic mass is 16.3. The van der Waals surface area contributed by atoms with Gasteiger partial charge < -0.3 is 15.3 Å². The molecule has 1 heterocycles. The van der Waals surface area contributed by atoms with Crippen molar-refractivity contribution in [2.75, 3.05) is 19.7 Å². The quantitative estimate of drug-likeness (QED) is 0.686. The van der Waals surface area contributed by atoms with E-state index >= 15 is 0 Å². The van der Waals surface area contributed by atoms with E-state index in [0.717, 1.165) is 32.4 Å². The summed E-state index contributed by atoms with van der Waals surface area (Å²) in [6.07, 6.45) is 4.17. The lowest BCUT2D eigenvalue weighted by molar-refractivity contribution is -0.132. The van der Waals surface area contributed by atoms with Crippen molar-refractivity contribution in [3.05, 3.63) is 0 Å². The maximum atomic E-state index is 11.8. The fourth-order valence-corrected chi connectivity index (χ4v) is 2.15. The van der Waals surface area contributed by atoms with E-state index in [4.69, 9.17) is 5.11 Å². The SMILES string of the molecule is CCC(=O)NC1CCN(C(=O)CCCCO)CC1. The molecule has 5 nitrogen and oxygen atoms in total. The molecule has 0 aromatic heterocycles. The molecular formula is C13H24N2O3. The first-order chi connectivity index (χ1) is 8.67. The van der Waals surface area contributed by atoms with Crippen molar-refractivity contribution in [2.45, 2.75) is 51.5 Å². The van der Waals surface area contributed by atoms with Crippen molar-refractivity contribution in [2.24, 2.45) is 0 Å². The van der Waals surface area contributed by atoms with Gasteiger partial charge in [0.05, 0.1) is 0 Å². The number of hydrogen-bond donors (Lipinski definition) is 2. The van der Waals surface area contributed by atoms with Crippen LogP contribution in [0.15, 0.2) is 0 Å². The van der Waals surface area contributed by atoms with Gasteiger partial charge in [-0.2, -0.15) is 0 Å². The molecule has 104 valence electrons. The third kappa shape index (κ3) is 5.04. The van der Waals surface area contributed by atoms with Crippen LogP contribution in [0.1, 0.15) is 45.4 Å². The summed E-state index contributed by atoms with van der Waals surface area (Å²) in [4.78, 5) is 24.9. The van der Waals surface area contributed by atoms with Crippen LogP contribution in [0, 0.1) is 0 Å². The molecule has 0 saturated carbocycles. The highest BCUT2D eigenvalue weighted by molar-refractivity contribution is 5.77. The summed E-state index contributed by atoms with van der Waals surface area (Å²) in [5, 5.41) is 11.6. The standard InChI is InChI=1S/C13H24N2O3/c1-2-12(17)14-11-6-8-15(9-7-11)13(18)5-3-4-10-16/h11,16H,2-10H2,1H3,(H,14,17). The minimum absolute atomic E-state index is 0.0859. The maximum Gasteiger partial charge on any atom is 0.222 e. The first-order valence-electron chi connectivity index (χ1n) is 6.85. The Hall–Kier alpha value is -1.10. The molecule has 0 bridgehead atoms. The topological polar surface area (TPSA) is 69.6 Å². The lowest BCUT2D eigenvalue weighted by Gasteiger charge is -2.32. The zero-order valence-corrected chi connectivity index (χ0v) is 11.2.